The number of benzene rings is 1. The summed E-state index contributed by atoms with van der Waals surface area (Å²) in [6.07, 6.45) is 2.60. The SMILES string of the molecule is CCNC(=NCc1ccnn1C)NCCc1ccc(C(=O)OC)cc1.I. The summed E-state index contributed by atoms with van der Waals surface area (Å²) < 4.78 is 6.52. The van der Waals surface area contributed by atoms with Crippen molar-refractivity contribution in [1.82, 2.24) is 20.4 Å². The highest BCUT2D eigenvalue weighted by molar-refractivity contribution is 14.0. The number of ether oxygens (including phenoxy) is 1. The topological polar surface area (TPSA) is 80.5 Å². The van der Waals surface area contributed by atoms with Gasteiger partial charge in [0.1, 0.15) is 0 Å². The number of guanidine groups is 1. The number of nitrogens with zero attached hydrogens (tertiary/aromatic N) is 3. The maximum absolute atomic E-state index is 11.4. The third kappa shape index (κ3) is 6.66. The number of esters is 1. The van der Waals surface area contributed by atoms with Crippen LogP contribution in [0.3, 0.4) is 0 Å². The van der Waals surface area contributed by atoms with Crippen molar-refractivity contribution in [1.29, 1.82) is 0 Å². The summed E-state index contributed by atoms with van der Waals surface area (Å²) in [7, 11) is 3.29. The van der Waals surface area contributed by atoms with Crippen LogP contribution in [0.25, 0.3) is 0 Å². The van der Waals surface area contributed by atoms with Crippen LogP contribution in [-0.2, 0) is 24.8 Å². The molecule has 0 atom stereocenters. The van der Waals surface area contributed by atoms with Crippen molar-refractivity contribution in [2.75, 3.05) is 20.2 Å². The Labute approximate surface area is 171 Å². The molecule has 2 aromatic rings. The highest BCUT2D eigenvalue weighted by Crippen LogP contribution is 2.06. The van der Waals surface area contributed by atoms with Crippen molar-refractivity contribution >= 4 is 35.9 Å². The van der Waals surface area contributed by atoms with Crippen LogP contribution in [0.1, 0.15) is 28.5 Å². The van der Waals surface area contributed by atoms with Crippen molar-refractivity contribution in [2.24, 2.45) is 12.0 Å². The van der Waals surface area contributed by atoms with Crippen LogP contribution in [-0.4, -0.2) is 41.9 Å². The lowest BCUT2D eigenvalue weighted by molar-refractivity contribution is 0.0600. The Morgan fingerprint density at radius 3 is 2.54 bits per heavy atom. The second-order valence-corrected chi connectivity index (χ2v) is 5.51. The van der Waals surface area contributed by atoms with Gasteiger partial charge in [0.2, 0.25) is 0 Å². The molecule has 1 aromatic heterocycles. The molecule has 0 aliphatic rings. The van der Waals surface area contributed by atoms with Gasteiger partial charge in [-0.3, -0.25) is 4.68 Å². The summed E-state index contributed by atoms with van der Waals surface area (Å²) in [5.41, 5.74) is 2.75. The molecule has 7 nitrogen and oxygen atoms in total. The predicted molar refractivity (Wildman–Crippen MR) is 113 cm³/mol. The summed E-state index contributed by atoms with van der Waals surface area (Å²) >= 11 is 0. The number of halogens is 1. The fourth-order valence-electron chi connectivity index (χ4n) is 2.31. The largest absolute Gasteiger partial charge is 0.465 e. The van der Waals surface area contributed by atoms with Gasteiger partial charge in [0, 0.05) is 26.3 Å². The summed E-state index contributed by atoms with van der Waals surface area (Å²) in [6, 6.07) is 9.39. The van der Waals surface area contributed by atoms with Crippen molar-refractivity contribution in [3.8, 4) is 0 Å². The van der Waals surface area contributed by atoms with Gasteiger partial charge < -0.3 is 15.4 Å². The van der Waals surface area contributed by atoms with E-state index in [1.54, 1.807) is 18.3 Å². The van der Waals surface area contributed by atoms with E-state index in [1.165, 1.54) is 7.11 Å². The molecule has 1 heterocycles. The summed E-state index contributed by atoms with van der Waals surface area (Å²) in [5.74, 6) is 0.455. The molecule has 0 amide bonds. The summed E-state index contributed by atoms with van der Waals surface area (Å²) in [6.45, 7) is 4.15. The van der Waals surface area contributed by atoms with Crippen molar-refractivity contribution in [2.45, 2.75) is 19.9 Å². The predicted octanol–water partition coefficient (Wildman–Crippen LogP) is 2.12. The zero-order chi connectivity index (χ0) is 18.1. The number of nitrogens with one attached hydrogen (secondary N) is 2. The Morgan fingerprint density at radius 2 is 1.96 bits per heavy atom. The Balaban J connectivity index is 0.00000338. The molecule has 1 aromatic carbocycles. The first-order chi connectivity index (χ1) is 12.1. The highest BCUT2D eigenvalue weighted by Gasteiger charge is 2.05. The average Bonchev–Trinajstić information content (AvgIpc) is 3.04. The van der Waals surface area contributed by atoms with E-state index in [2.05, 4.69) is 20.7 Å². The van der Waals surface area contributed by atoms with E-state index in [1.807, 2.05) is 36.9 Å². The van der Waals surface area contributed by atoms with Gasteiger partial charge in [-0.25, -0.2) is 9.79 Å². The number of aryl methyl sites for hydroxylation is 1. The number of aliphatic imine (C=N–C) groups is 1. The van der Waals surface area contributed by atoms with Crippen LogP contribution in [0.5, 0.6) is 0 Å². The molecule has 0 aliphatic heterocycles. The molecule has 26 heavy (non-hydrogen) atoms. The second kappa shape index (κ2) is 11.5. The number of aromatic nitrogens is 2. The Bertz CT molecular complexity index is 713. The monoisotopic (exact) mass is 471 g/mol. The molecule has 0 radical (unpaired) electrons. The first-order valence-corrected chi connectivity index (χ1v) is 8.30. The molecule has 8 heteroatoms. The van der Waals surface area contributed by atoms with Gasteiger partial charge in [-0.15, -0.1) is 24.0 Å². The van der Waals surface area contributed by atoms with Crippen molar-refractivity contribution in [3.05, 3.63) is 53.3 Å². The lowest BCUT2D eigenvalue weighted by Gasteiger charge is -2.11. The minimum atomic E-state index is -0.318. The average molecular weight is 471 g/mol. The van der Waals surface area contributed by atoms with Gasteiger partial charge in [-0.1, -0.05) is 12.1 Å². The molecular formula is C18H26IN5O2. The van der Waals surface area contributed by atoms with Crippen LogP contribution in [0.4, 0.5) is 0 Å². The molecule has 0 saturated heterocycles. The van der Waals surface area contributed by atoms with Crippen molar-refractivity contribution < 1.29 is 9.53 Å². The number of carbonyl (C=O) groups excluding carboxylic acids is 1. The molecule has 0 saturated carbocycles. The standard InChI is InChI=1S/C18H25N5O2.HI/c1-4-19-18(21-13-16-10-12-22-23(16)2)20-11-9-14-5-7-15(8-6-14)17(24)25-3;/h5-8,10,12H,4,9,11,13H2,1-3H3,(H2,19,20,21);1H. The van der Waals surface area contributed by atoms with E-state index in [4.69, 9.17) is 4.74 Å². The number of methoxy groups -OCH3 is 1. The molecule has 0 unspecified atom stereocenters. The highest BCUT2D eigenvalue weighted by atomic mass is 127. The molecule has 2 N–H and O–H groups in total. The first-order valence-electron chi connectivity index (χ1n) is 8.30. The number of hydrogen-bond donors (Lipinski definition) is 2. The van der Waals surface area contributed by atoms with Crippen LogP contribution in [0.15, 0.2) is 41.5 Å². The molecule has 0 fully saturated rings. The fourth-order valence-corrected chi connectivity index (χ4v) is 2.31. The van der Waals surface area contributed by atoms with E-state index in [0.29, 0.717) is 12.1 Å². The Kier molecular flexibility index (Phi) is 9.71. The van der Waals surface area contributed by atoms with E-state index in [0.717, 1.165) is 36.7 Å². The van der Waals surface area contributed by atoms with Gasteiger partial charge in [-0.2, -0.15) is 5.10 Å². The van der Waals surface area contributed by atoms with Gasteiger partial charge >= 0.3 is 5.97 Å². The second-order valence-electron chi connectivity index (χ2n) is 5.51. The normalized spacial score (nSPS) is 10.8. The molecular weight excluding hydrogens is 445 g/mol. The van der Waals surface area contributed by atoms with E-state index in [-0.39, 0.29) is 29.9 Å². The van der Waals surface area contributed by atoms with E-state index in [9.17, 15) is 4.79 Å². The maximum Gasteiger partial charge on any atom is 0.337 e. The third-order valence-corrected chi connectivity index (χ3v) is 3.75. The molecule has 0 aliphatic carbocycles. The zero-order valence-electron chi connectivity index (χ0n) is 15.4. The van der Waals surface area contributed by atoms with Crippen LogP contribution < -0.4 is 10.6 Å². The minimum Gasteiger partial charge on any atom is -0.465 e. The number of rotatable bonds is 7. The van der Waals surface area contributed by atoms with Gasteiger partial charge in [0.25, 0.3) is 0 Å². The molecule has 142 valence electrons. The minimum absolute atomic E-state index is 0. The maximum atomic E-state index is 11.4. The van der Waals surface area contributed by atoms with Gasteiger partial charge in [0.15, 0.2) is 5.96 Å². The smallest absolute Gasteiger partial charge is 0.337 e. The molecule has 0 bridgehead atoms. The number of carbonyl (C=O) groups is 1. The lowest BCUT2D eigenvalue weighted by Crippen LogP contribution is -2.38. The molecule has 0 spiro atoms. The van der Waals surface area contributed by atoms with E-state index < -0.39 is 0 Å². The molecule has 2 rings (SSSR count). The van der Waals surface area contributed by atoms with Crippen LogP contribution in [0, 0.1) is 0 Å². The Hall–Kier alpha value is -2.10. The van der Waals surface area contributed by atoms with E-state index >= 15 is 0 Å². The van der Waals surface area contributed by atoms with Crippen LogP contribution >= 0.6 is 24.0 Å². The summed E-state index contributed by atoms with van der Waals surface area (Å²) in [4.78, 5) is 16.0. The van der Waals surface area contributed by atoms with Gasteiger partial charge in [-0.05, 0) is 37.1 Å². The lowest BCUT2D eigenvalue weighted by atomic mass is 10.1. The van der Waals surface area contributed by atoms with Crippen molar-refractivity contribution in [3.63, 3.8) is 0 Å². The zero-order valence-corrected chi connectivity index (χ0v) is 17.7. The Morgan fingerprint density at radius 1 is 1.23 bits per heavy atom. The summed E-state index contributed by atoms with van der Waals surface area (Å²) in [5, 5.41) is 10.7. The number of hydrogen-bond acceptors (Lipinski definition) is 4. The third-order valence-electron chi connectivity index (χ3n) is 3.75. The first kappa shape index (κ1) is 21.9. The fraction of sp³-hybridized carbons (Fsp3) is 0.389. The van der Waals surface area contributed by atoms with Gasteiger partial charge in [0.05, 0.1) is 24.9 Å². The quantitative estimate of drug-likeness (QED) is 0.280. The van der Waals surface area contributed by atoms with Crippen LogP contribution in [0.2, 0.25) is 0 Å².